The van der Waals surface area contributed by atoms with Crippen LogP contribution >= 0.6 is 0 Å². The first-order valence-electron chi connectivity index (χ1n) is 8.89. The normalized spacial score (nSPS) is 23.4. The molecule has 0 bridgehead atoms. The molecule has 1 spiro atoms. The van der Waals surface area contributed by atoms with Gasteiger partial charge in [-0.2, -0.15) is 9.78 Å². The lowest BCUT2D eigenvalue weighted by Gasteiger charge is -2.41. The first kappa shape index (κ1) is 16.7. The molecule has 26 heavy (non-hydrogen) atoms. The van der Waals surface area contributed by atoms with Gasteiger partial charge in [-0.1, -0.05) is 0 Å². The molecular formula is C16H22N8O2. The number of carbonyl (C=O) groups is 2. The Bertz CT molecular complexity index is 814. The van der Waals surface area contributed by atoms with E-state index < -0.39 is 5.41 Å². The highest BCUT2D eigenvalue weighted by Crippen LogP contribution is 2.41. The van der Waals surface area contributed by atoms with Crippen molar-refractivity contribution in [1.82, 2.24) is 40.2 Å². The van der Waals surface area contributed by atoms with Gasteiger partial charge in [0.2, 0.25) is 5.91 Å². The molecule has 1 atom stereocenters. The van der Waals surface area contributed by atoms with Crippen LogP contribution in [-0.4, -0.2) is 77.7 Å². The van der Waals surface area contributed by atoms with Crippen molar-refractivity contribution in [1.29, 1.82) is 0 Å². The maximum Gasteiger partial charge on any atom is 0.259 e. The maximum absolute atomic E-state index is 13.0. The predicted molar refractivity (Wildman–Crippen MR) is 90.3 cm³/mol. The highest BCUT2D eigenvalue weighted by atomic mass is 16.2. The van der Waals surface area contributed by atoms with Gasteiger partial charge in [0.15, 0.2) is 5.82 Å². The van der Waals surface area contributed by atoms with Crippen molar-refractivity contribution in [3.8, 4) is 5.82 Å². The highest BCUT2D eigenvalue weighted by molar-refractivity contribution is 5.98. The quantitative estimate of drug-likeness (QED) is 0.841. The molecule has 2 aromatic heterocycles. The molecule has 2 aromatic rings. The van der Waals surface area contributed by atoms with Crippen molar-refractivity contribution in [3.63, 3.8) is 0 Å². The maximum atomic E-state index is 13.0. The van der Waals surface area contributed by atoms with Crippen LogP contribution in [0.1, 0.15) is 43.5 Å². The minimum atomic E-state index is -0.448. The third kappa shape index (κ3) is 2.56. The molecule has 10 nitrogen and oxygen atoms in total. The molecule has 0 aromatic carbocycles. The monoisotopic (exact) mass is 358 g/mol. The van der Waals surface area contributed by atoms with Crippen LogP contribution in [0.25, 0.3) is 5.82 Å². The Morgan fingerprint density at radius 3 is 2.88 bits per heavy atom. The van der Waals surface area contributed by atoms with Crippen LogP contribution in [0.3, 0.4) is 0 Å². The number of rotatable bonds is 3. The molecule has 2 saturated heterocycles. The molecule has 10 heteroatoms. The van der Waals surface area contributed by atoms with E-state index in [1.54, 1.807) is 4.90 Å². The lowest BCUT2D eigenvalue weighted by atomic mass is 9.78. The average molecular weight is 358 g/mol. The molecule has 0 radical (unpaired) electrons. The Labute approximate surface area is 150 Å². The molecule has 2 amide bonds. The first-order valence-corrected chi connectivity index (χ1v) is 8.89. The standard InChI is InChI=1S/C16H22N8O2/c1-11(2)23-6-3-4-16(15(23)26)5-7-22(9-16)14(25)12-8-17-19-13(12)24-10-18-20-21-24/h8,10-11H,3-7,9H2,1-2H3,(H,17,19)/t16-/m1/s1. The molecule has 1 N–H and O–H groups in total. The summed E-state index contributed by atoms with van der Waals surface area (Å²) in [6.07, 6.45) is 5.41. The number of likely N-dealkylation sites (tertiary alicyclic amines) is 2. The van der Waals surface area contributed by atoms with Gasteiger partial charge in [0.05, 0.1) is 11.6 Å². The van der Waals surface area contributed by atoms with Crippen LogP contribution in [0.4, 0.5) is 0 Å². The first-order chi connectivity index (χ1) is 12.5. The number of carbonyl (C=O) groups excluding carboxylic acids is 2. The van der Waals surface area contributed by atoms with E-state index in [0.717, 1.165) is 19.4 Å². The van der Waals surface area contributed by atoms with Crippen molar-refractivity contribution in [2.45, 2.75) is 39.2 Å². The molecule has 0 aliphatic carbocycles. The van der Waals surface area contributed by atoms with E-state index in [1.165, 1.54) is 17.2 Å². The molecule has 4 heterocycles. The number of amides is 2. The molecule has 2 fully saturated rings. The summed E-state index contributed by atoms with van der Waals surface area (Å²) in [6, 6.07) is 0.185. The molecule has 0 unspecified atom stereocenters. The Hall–Kier alpha value is -2.78. The molecule has 4 rings (SSSR count). The second-order valence-electron chi connectivity index (χ2n) is 7.34. The summed E-state index contributed by atoms with van der Waals surface area (Å²) in [4.78, 5) is 29.8. The Balaban J connectivity index is 1.55. The number of piperidine rings is 1. The van der Waals surface area contributed by atoms with E-state index in [9.17, 15) is 9.59 Å². The average Bonchev–Trinajstić information content (AvgIpc) is 3.37. The predicted octanol–water partition coefficient (Wildman–Crippen LogP) is 0.249. The van der Waals surface area contributed by atoms with E-state index >= 15 is 0 Å². The number of hydrogen-bond acceptors (Lipinski definition) is 6. The largest absolute Gasteiger partial charge is 0.340 e. The minimum Gasteiger partial charge on any atom is -0.340 e. The Morgan fingerprint density at radius 2 is 2.15 bits per heavy atom. The topological polar surface area (TPSA) is 113 Å². The van der Waals surface area contributed by atoms with Crippen LogP contribution < -0.4 is 0 Å². The molecular weight excluding hydrogens is 336 g/mol. The summed E-state index contributed by atoms with van der Waals surface area (Å²) in [5.74, 6) is 0.456. The number of nitrogens with zero attached hydrogens (tertiary/aromatic N) is 7. The second kappa shape index (κ2) is 6.19. The van der Waals surface area contributed by atoms with E-state index in [-0.39, 0.29) is 17.9 Å². The third-order valence-electron chi connectivity index (χ3n) is 5.46. The Morgan fingerprint density at radius 1 is 1.31 bits per heavy atom. The summed E-state index contributed by atoms with van der Waals surface area (Å²) >= 11 is 0. The van der Waals surface area contributed by atoms with Gasteiger partial charge >= 0.3 is 0 Å². The van der Waals surface area contributed by atoms with Gasteiger partial charge in [0.1, 0.15) is 11.9 Å². The van der Waals surface area contributed by atoms with Crippen molar-refractivity contribution in [2.24, 2.45) is 5.41 Å². The highest BCUT2D eigenvalue weighted by Gasteiger charge is 2.50. The van der Waals surface area contributed by atoms with E-state index in [0.29, 0.717) is 30.9 Å². The number of tetrazole rings is 1. The molecule has 2 aliphatic heterocycles. The van der Waals surface area contributed by atoms with Gasteiger partial charge in [0, 0.05) is 25.7 Å². The van der Waals surface area contributed by atoms with E-state index in [1.807, 2.05) is 18.7 Å². The van der Waals surface area contributed by atoms with Crippen LogP contribution in [0.2, 0.25) is 0 Å². The van der Waals surface area contributed by atoms with Gasteiger partial charge in [0.25, 0.3) is 5.91 Å². The van der Waals surface area contributed by atoms with Crippen LogP contribution in [-0.2, 0) is 4.79 Å². The smallest absolute Gasteiger partial charge is 0.259 e. The molecule has 138 valence electrons. The summed E-state index contributed by atoms with van der Waals surface area (Å²) < 4.78 is 1.37. The third-order valence-corrected chi connectivity index (χ3v) is 5.46. The fourth-order valence-electron chi connectivity index (χ4n) is 4.06. The summed E-state index contributed by atoms with van der Waals surface area (Å²) in [7, 11) is 0. The zero-order valence-corrected chi connectivity index (χ0v) is 14.9. The zero-order valence-electron chi connectivity index (χ0n) is 14.9. The Kier molecular flexibility index (Phi) is 3.97. The lowest BCUT2D eigenvalue weighted by molar-refractivity contribution is -0.147. The summed E-state index contributed by atoms with van der Waals surface area (Å²) in [5.41, 5.74) is -0.0463. The van der Waals surface area contributed by atoms with Crippen LogP contribution in [0, 0.1) is 5.41 Å². The van der Waals surface area contributed by atoms with Crippen LogP contribution in [0.5, 0.6) is 0 Å². The second-order valence-corrected chi connectivity index (χ2v) is 7.34. The van der Waals surface area contributed by atoms with Crippen molar-refractivity contribution in [3.05, 3.63) is 18.1 Å². The molecule has 0 saturated carbocycles. The molecule has 2 aliphatic rings. The van der Waals surface area contributed by atoms with Gasteiger partial charge in [-0.25, -0.2) is 0 Å². The number of aromatic amines is 1. The van der Waals surface area contributed by atoms with Crippen molar-refractivity contribution >= 4 is 11.8 Å². The SMILES string of the molecule is CC(C)N1CCC[C@]2(CCN(C(=O)c3cn[nH]c3-n3cnnn3)C2)C1=O. The number of H-pyrrole nitrogens is 1. The van der Waals surface area contributed by atoms with Gasteiger partial charge in [-0.3, -0.25) is 14.7 Å². The summed E-state index contributed by atoms with van der Waals surface area (Å²) in [5, 5.41) is 17.7. The van der Waals surface area contributed by atoms with Crippen molar-refractivity contribution in [2.75, 3.05) is 19.6 Å². The number of aromatic nitrogens is 6. The number of hydrogen-bond donors (Lipinski definition) is 1. The van der Waals surface area contributed by atoms with Gasteiger partial charge in [-0.05, 0) is 43.5 Å². The lowest BCUT2D eigenvalue weighted by Crippen LogP contribution is -2.52. The summed E-state index contributed by atoms with van der Waals surface area (Å²) in [6.45, 7) is 5.90. The fraction of sp³-hybridized carbons (Fsp3) is 0.625. The number of nitrogens with one attached hydrogen (secondary N) is 1. The van der Waals surface area contributed by atoms with Crippen molar-refractivity contribution < 1.29 is 9.59 Å². The van der Waals surface area contributed by atoms with E-state index in [2.05, 4.69) is 25.7 Å². The minimum absolute atomic E-state index is 0.157. The van der Waals surface area contributed by atoms with E-state index in [4.69, 9.17) is 0 Å². The zero-order chi connectivity index (χ0) is 18.3. The fourth-order valence-corrected chi connectivity index (χ4v) is 4.06. The van der Waals surface area contributed by atoms with Crippen LogP contribution in [0.15, 0.2) is 12.5 Å². The van der Waals surface area contributed by atoms with Gasteiger partial charge < -0.3 is 9.80 Å². The van der Waals surface area contributed by atoms with Gasteiger partial charge in [-0.15, -0.1) is 5.10 Å².